The van der Waals surface area contributed by atoms with Gasteiger partial charge in [-0.25, -0.2) is 9.59 Å². The second-order valence-corrected chi connectivity index (χ2v) is 10.8. The van der Waals surface area contributed by atoms with Gasteiger partial charge >= 0.3 is 12.1 Å². The number of aliphatic carboxylic acids is 1. The molecule has 7 nitrogen and oxygen atoms in total. The molecule has 2 aliphatic carbocycles. The van der Waals surface area contributed by atoms with Crippen LogP contribution in [0.5, 0.6) is 5.75 Å². The van der Waals surface area contributed by atoms with E-state index in [2.05, 4.69) is 13.0 Å². The molecule has 0 radical (unpaired) electrons. The van der Waals surface area contributed by atoms with E-state index in [0.29, 0.717) is 24.2 Å². The number of aliphatic hydroxyl groups excluding tert-OH is 1. The summed E-state index contributed by atoms with van der Waals surface area (Å²) in [7, 11) is 0. The summed E-state index contributed by atoms with van der Waals surface area (Å²) in [6.45, 7) is 3.95. The van der Waals surface area contributed by atoms with Crippen molar-refractivity contribution < 1.29 is 34.0 Å². The molecule has 1 aromatic rings. The normalized spacial score (nSPS) is 23.1. The van der Waals surface area contributed by atoms with Gasteiger partial charge in [0, 0.05) is 0 Å². The molecule has 3 rings (SSSR count). The Balaban J connectivity index is 1.57. The van der Waals surface area contributed by atoms with Crippen molar-refractivity contribution in [3.8, 4) is 5.75 Å². The van der Waals surface area contributed by atoms with E-state index in [9.17, 15) is 14.7 Å². The highest BCUT2D eigenvalue weighted by Gasteiger charge is 2.45. The summed E-state index contributed by atoms with van der Waals surface area (Å²) in [6.07, 6.45) is 12.1. The van der Waals surface area contributed by atoms with Crippen LogP contribution in [0.1, 0.15) is 95.6 Å². The fraction of sp³-hybridized carbons (Fsp3) is 0.733. The van der Waals surface area contributed by atoms with Crippen LogP contribution < -0.4 is 4.74 Å². The van der Waals surface area contributed by atoms with Crippen LogP contribution in [0.3, 0.4) is 0 Å². The Morgan fingerprint density at radius 2 is 1.78 bits per heavy atom. The van der Waals surface area contributed by atoms with Crippen LogP contribution in [-0.2, 0) is 27.1 Å². The van der Waals surface area contributed by atoms with Crippen molar-refractivity contribution >= 4 is 12.1 Å². The van der Waals surface area contributed by atoms with Crippen LogP contribution in [0.4, 0.5) is 4.79 Å². The fourth-order valence-corrected chi connectivity index (χ4v) is 6.34. The molecule has 208 valence electrons. The predicted octanol–water partition coefficient (Wildman–Crippen LogP) is 6.32. The average molecular weight is 519 g/mol. The van der Waals surface area contributed by atoms with Gasteiger partial charge in [-0.05, 0) is 86.8 Å². The number of carboxylic acid groups (broad SMARTS) is 1. The molecule has 0 aliphatic heterocycles. The molecule has 0 bridgehead atoms. The Morgan fingerprint density at radius 3 is 2.51 bits per heavy atom. The largest absolute Gasteiger partial charge is 0.508 e. The number of hydrogen-bond donors (Lipinski definition) is 2. The summed E-state index contributed by atoms with van der Waals surface area (Å²) in [5, 5.41) is 20.0. The van der Waals surface area contributed by atoms with Crippen molar-refractivity contribution in [1.82, 2.24) is 0 Å². The van der Waals surface area contributed by atoms with E-state index in [-0.39, 0.29) is 24.7 Å². The molecule has 0 aromatic heterocycles. The van der Waals surface area contributed by atoms with Gasteiger partial charge in [-0.2, -0.15) is 0 Å². The van der Waals surface area contributed by atoms with Gasteiger partial charge in [0.15, 0.2) is 6.61 Å². The highest BCUT2D eigenvalue weighted by Crippen LogP contribution is 2.48. The Bertz CT molecular complexity index is 854. The van der Waals surface area contributed by atoms with Crippen molar-refractivity contribution in [2.45, 2.75) is 110 Å². The monoisotopic (exact) mass is 518 g/mol. The first-order valence-corrected chi connectivity index (χ1v) is 14.4. The molecule has 2 aliphatic rings. The van der Waals surface area contributed by atoms with Crippen LogP contribution in [0, 0.1) is 17.8 Å². The van der Waals surface area contributed by atoms with Gasteiger partial charge in [0.05, 0.1) is 12.7 Å². The molecule has 0 spiro atoms. The first kappa shape index (κ1) is 29.3. The molecular weight excluding hydrogens is 472 g/mol. The van der Waals surface area contributed by atoms with Crippen molar-refractivity contribution in [3.63, 3.8) is 0 Å². The van der Waals surface area contributed by atoms with E-state index in [1.165, 1.54) is 37.7 Å². The molecule has 1 fully saturated rings. The van der Waals surface area contributed by atoms with Gasteiger partial charge in [-0.15, -0.1) is 0 Å². The van der Waals surface area contributed by atoms with Gasteiger partial charge < -0.3 is 24.4 Å². The lowest BCUT2D eigenvalue weighted by Crippen LogP contribution is -2.29. The Labute approximate surface area is 221 Å². The molecule has 0 saturated heterocycles. The SMILES string of the molecule is CCCCCCCCC[C@@H](CC[C@@H]1[C@H]2Cc3cccc(OCC(=O)O)c3C[C@H]2C[C@H]1O)OC(=O)OCC. The van der Waals surface area contributed by atoms with E-state index in [1.54, 1.807) is 6.92 Å². The number of carbonyl (C=O) groups excluding carboxylic acids is 1. The number of carboxylic acids is 1. The maximum absolute atomic E-state index is 12.1. The van der Waals surface area contributed by atoms with Gasteiger partial charge in [0.2, 0.25) is 0 Å². The molecule has 0 amide bonds. The van der Waals surface area contributed by atoms with Gasteiger partial charge in [0.1, 0.15) is 11.9 Å². The zero-order valence-electron chi connectivity index (χ0n) is 22.7. The lowest BCUT2D eigenvalue weighted by molar-refractivity contribution is -0.139. The highest BCUT2D eigenvalue weighted by molar-refractivity contribution is 5.68. The Hall–Kier alpha value is -2.28. The molecule has 1 saturated carbocycles. The van der Waals surface area contributed by atoms with E-state index in [0.717, 1.165) is 56.9 Å². The predicted molar refractivity (Wildman–Crippen MR) is 142 cm³/mol. The third-order valence-electron chi connectivity index (χ3n) is 8.17. The van der Waals surface area contributed by atoms with E-state index < -0.39 is 12.1 Å². The maximum Gasteiger partial charge on any atom is 0.508 e. The van der Waals surface area contributed by atoms with Crippen molar-refractivity contribution in [3.05, 3.63) is 29.3 Å². The molecule has 2 N–H and O–H groups in total. The summed E-state index contributed by atoms with van der Waals surface area (Å²) in [5.74, 6) is 0.519. The number of hydrogen-bond acceptors (Lipinski definition) is 6. The van der Waals surface area contributed by atoms with E-state index >= 15 is 0 Å². The van der Waals surface area contributed by atoms with E-state index in [1.807, 2.05) is 12.1 Å². The molecule has 37 heavy (non-hydrogen) atoms. The summed E-state index contributed by atoms with van der Waals surface area (Å²) < 4.78 is 16.3. The molecule has 5 atom stereocenters. The van der Waals surface area contributed by atoms with Gasteiger partial charge in [0.25, 0.3) is 0 Å². The van der Waals surface area contributed by atoms with Crippen LogP contribution in [0.15, 0.2) is 18.2 Å². The standard InChI is InChI=1S/C30H46O7/c1-3-5-6-7-8-9-10-13-23(37-30(34)35-4-2)15-16-24-25-17-21-12-11-14-28(36-20-29(32)33)26(21)18-22(25)19-27(24)31/h11-12,14,22-25,27,31H,3-10,13,15-20H2,1-2H3,(H,32,33)/t22-,23-,24+,25-,27+/m0/s1. The average Bonchev–Trinajstić information content (AvgIpc) is 3.17. The molecule has 0 heterocycles. The fourth-order valence-electron chi connectivity index (χ4n) is 6.34. The smallest absolute Gasteiger partial charge is 0.482 e. The topological polar surface area (TPSA) is 102 Å². The van der Waals surface area contributed by atoms with Crippen LogP contribution >= 0.6 is 0 Å². The minimum Gasteiger partial charge on any atom is -0.482 e. The Kier molecular flexibility index (Phi) is 12.0. The minimum atomic E-state index is -0.987. The first-order chi connectivity index (χ1) is 17.9. The number of fused-ring (bicyclic) bond motifs is 2. The van der Waals surface area contributed by atoms with Crippen molar-refractivity contribution in [2.24, 2.45) is 17.8 Å². The third kappa shape index (κ3) is 8.91. The number of ether oxygens (including phenoxy) is 3. The van der Waals surface area contributed by atoms with E-state index in [4.69, 9.17) is 19.3 Å². The molecule has 7 heteroatoms. The third-order valence-corrected chi connectivity index (χ3v) is 8.17. The molecule has 1 aromatic carbocycles. The van der Waals surface area contributed by atoms with Crippen molar-refractivity contribution in [2.75, 3.05) is 13.2 Å². The lowest BCUT2D eigenvalue weighted by atomic mass is 9.73. The quantitative estimate of drug-likeness (QED) is 0.195. The second kappa shape index (κ2) is 15.2. The van der Waals surface area contributed by atoms with Crippen LogP contribution in [0.25, 0.3) is 0 Å². The number of benzene rings is 1. The maximum atomic E-state index is 12.1. The second-order valence-electron chi connectivity index (χ2n) is 10.8. The Morgan fingerprint density at radius 1 is 1.03 bits per heavy atom. The summed E-state index contributed by atoms with van der Waals surface area (Å²) in [5.41, 5.74) is 2.27. The van der Waals surface area contributed by atoms with Crippen LogP contribution in [0.2, 0.25) is 0 Å². The summed E-state index contributed by atoms with van der Waals surface area (Å²) >= 11 is 0. The summed E-state index contributed by atoms with van der Waals surface area (Å²) in [6, 6.07) is 5.85. The highest BCUT2D eigenvalue weighted by atomic mass is 16.7. The summed E-state index contributed by atoms with van der Waals surface area (Å²) in [4.78, 5) is 23.0. The molecule has 0 unspecified atom stereocenters. The number of unbranched alkanes of at least 4 members (excludes halogenated alkanes) is 6. The van der Waals surface area contributed by atoms with Crippen molar-refractivity contribution in [1.29, 1.82) is 0 Å². The number of carbonyl (C=O) groups is 2. The van der Waals surface area contributed by atoms with Crippen LogP contribution in [-0.4, -0.2) is 47.8 Å². The molecular formula is C30H46O7. The minimum absolute atomic E-state index is 0.157. The lowest BCUT2D eigenvalue weighted by Gasteiger charge is -2.32. The number of rotatable bonds is 16. The zero-order chi connectivity index (χ0) is 26.6. The zero-order valence-corrected chi connectivity index (χ0v) is 22.7. The first-order valence-electron chi connectivity index (χ1n) is 14.4. The van der Waals surface area contributed by atoms with Gasteiger partial charge in [-0.1, -0.05) is 57.6 Å². The number of aliphatic hydroxyl groups is 1. The van der Waals surface area contributed by atoms with Gasteiger partial charge in [-0.3, -0.25) is 0 Å².